The third kappa shape index (κ3) is 3.40. The van der Waals surface area contributed by atoms with Gasteiger partial charge in [-0.2, -0.15) is 0 Å². The van der Waals surface area contributed by atoms with Crippen LogP contribution < -0.4 is 5.73 Å². The number of carbonyl (C=O) groups excluding carboxylic acids is 2. The average molecular weight is 474 g/mol. The first-order valence-corrected chi connectivity index (χ1v) is 11.4. The maximum atomic E-state index is 13.4. The van der Waals surface area contributed by atoms with E-state index in [1.54, 1.807) is 13.8 Å². The first kappa shape index (κ1) is 24.9. The molecule has 4 rings (SSSR count). The molecule has 8 N–H and O–H groups in total. The number of Topliss-reactive ketones (excluding diaryl/α,β-unsaturated/α-hetero) is 1. The molecule has 0 aromatic carbocycles. The molecule has 11 nitrogen and oxygen atoms in total. The summed E-state index contributed by atoms with van der Waals surface area (Å²) in [7, 11) is 0. The number of hydrogen-bond acceptors (Lipinski definition) is 11. The lowest BCUT2D eigenvalue weighted by molar-refractivity contribution is -0.338. The smallest absolute Gasteiger partial charge is 0.336 e. The summed E-state index contributed by atoms with van der Waals surface area (Å²) in [5.41, 5.74) is 0.626. The molecule has 3 aliphatic carbocycles. The number of esters is 1. The van der Waals surface area contributed by atoms with Gasteiger partial charge in [0.1, 0.15) is 17.8 Å². The second kappa shape index (κ2) is 7.92. The van der Waals surface area contributed by atoms with Crippen molar-refractivity contribution in [2.45, 2.75) is 93.9 Å². The van der Waals surface area contributed by atoms with Crippen molar-refractivity contribution in [2.24, 2.45) is 28.9 Å². The molecule has 4 aliphatic rings. The lowest BCUT2D eigenvalue weighted by atomic mass is 9.47. The highest BCUT2D eigenvalue weighted by Gasteiger charge is 2.72. The van der Waals surface area contributed by atoms with Crippen molar-refractivity contribution in [1.29, 1.82) is 0 Å². The van der Waals surface area contributed by atoms with Crippen molar-refractivity contribution >= 4 is 11.8 Å². The van der Waals surface area contributed by atoms with Crippen LogP contribution in [0.1, 0.15) is 40.0 Å². The summed E-state index contributed by atoms with van der Waals surface area (Å²) in [5.74, 6) is -5.31. The minimum Gasteiger partial charge on any atom is -0.460 e. The highest BCUT2D eigenvalue weighted by atomic mass is 16.6. The minimum atomic E-state index is -2.02. The molecule has 0 aromatic rings. The molecule has 0 radical (unpaired) electrons. The normalized spacial score (nSPS) is 50.5. The fourth-order valence-electron chi connectivity index (χ4n) is 6.56. The predicted octanol–water partition coefficient (Wildman–Crippen LogP) is -2.79. The monoisotopic (exact) mass is 473 g/mol. The molecule has 12 atom stereocenters. The second-order valence-electron chi connectivity index (χ2n) is 11.0. The maximum absolute atomic E-state index is 13.4. The van der Waals surface area contributed by atoms with Gasteiger partial charge in [0.2, 0.25) is 0 Å². The highest BCUT2D eigenvalue weighted by molar-refractivity contribution is 5.87. The number of rotatable bonds is 3. The van der Waals surface area contributed by atoms with Gasteiger partial charge in [-0.25, -0.2) is 4.79 Å². The van der Waals surface area contributed by atoms with Gasteiger partial charge in [-0.15, -0.1) is 0 Å². The molecule has 4 fully saturated rings. The Morgan fingerprint density at radius 2 is 1.85 bits per heavy atom. The Kier molecular flexibility index (Phi) is 5.98. The number of fused-ring (bicyclic) bond motifs is 5. The summed E-state index contributed by atoms with van der Waals surface area (Å²) >= 11 is 0. The number of aliphatic hydroxyl groups excluding tert-OH is 4. The van der Waals surface area contributed by atoms with Gasteiger partial charge in [0.05, 0.1) is 36.4 Å². The van der Waals surface area contributed by atoms with Crippen LogP contribution in [0.4, 0.5) is 0 Å². The summed E-state index contributed by atoms with van der Waals surface area (Å²) in [6, 6.07) is -0.905. The zero-order chi connectivity index (χ0) is 24.7. The molecular weight excluding hydrogens is 438 g/mol. The van der Waals surface area contributed by atoms with E-state index in [4.69, 9.17) is 15.2 Å². The van der Waals surface area contributed by atoms with Crippen LogP contribution in [0, 0.1) is 23.2 Å². The number of carbonyl (C=O) groups is 2. The van der Waals surface area contributed by atoms with Crippen LogP contribution in [0.5, 0.6) is 0 Å². The SMILES string of the molecule is C[C@H](N)[C@@H](O)C(=O)O[C@@H]1C[C@H]2[C@@H](O)C(=O)C3[C@H]([C@H](O)[C@](O)(C1)C2(C)C)[C@]1(O)CO[C@@H]1C[C@@H]3O. The molecule has 0 aromatic heterocycles. The van der Waals surface area contributed by atoms with Crippen molar-refractivity contribution in [1.82, 2.24) is 0 Å². The summed E-state index contributed by atoms with van der Waals surface area (Å²) in [4.78, 5) is 25.7. The zero-order valence-electron chi connectivity index (χ0n) is 19.0. The average Bonchev–Trinajstić information content (AvgIpc) is 2.73. The standard InChI is InChI=1S/C22H35NO10/c1-8(23)15(25)19(29)33-9-4-10-16(26)17(27)13-11(24)5-12-21(30,7-32-12)14(13)18(28)22(31,6-9)20(10,2)3/h8-16,18,24-26,28,30-31H,4-7,23H2,1-3H3/t8-,9+,10-,11-,12+,13?,14+,15+,16+,18-,21-,22+/m0/s1. The Hall–Kier alpha value is -1.18. The summed E-state index contributed by atoms with van der Waals surface area (Å²) in [6.45, 7) is 4.44. The fraction of sp³-hybridized carbons (Fsp3) is 0.909. The second-order valence-corrected chi connectivity index (χ2v) is 11.0. The van der Waals surface area contributed by atoms with E-state index in [9.17, 15) is 40.2 Å². The zero-order valence-corrected chi connectivity index (χ0v) is 19.0. The fourth-order valence-corrected chi connectivity index (χ4v) is 6.56. The van der Waals surface area contributed by atoms with Gasteiger partial charge in [-0.3, -0.25) is 4.79 Å². The highest BCUT2D eigenvalue weighted by Crippen LogP contribution is 2.59. The van der Waals surface area contributed by atoms with Crippen LogP contribution in [0.3, 0.4) is 0 Å². The Bertz CT molecular complexity index is 819. The quantitative estimate of drug-likeness (QED) is 0.209. The topological polar surface area (TPSA) is 200 Å². The van der Waals surface area contributed by atoms with Crippen LogP contribution in [-0.2, 0) is 19.1 Å². The van der Waals surface area contributed by atoms with Crippen LogP contribution >= 0.6 is 0 Å². The van der Waals surface area contributed by atoms with Crippen LogP contribution in [0.15, 0.2) is 0 Å². The van der Waals surface area contributed by atoms with Crippen LogP contribution in [0.25, 0.3) is 0 Å². The molecule has 33 heavy (non-hydrogen) atoms. The molecule has 3 saturated carbocycles. The van der Waals surface area contributed by atoms with E-state index in [0.29, 0.717) is 0 Å². The van der Waals surface area contributed by atoms with Gasteiger partial charge in [0, 0.05) is 36.1 Å². The van der Waals surface area contributed by atoms with E-state index in [1.807, 2.05) is 0 Å². The number of ether oxygens (including phenoxy) is 2. The van der Waals surface area contributed by atoms with E-state index in [-0.39, 0.29) is 25.9 Å². The van der Waals surface area contributed by atoms with Crippen molar-refractivity contribution in [3.05, 3.63) is 0 Å². The third-order valence-electron chi connectivity index (χ3n) is 8.86. The molecule has 188 valence electrons. The summed E-state index contributed by atoms with van der Waals surface area (Å²) in [6.07, 6.45) is -8.44. The largest absolute Gasteiger partial charge is 0.460 e. The molecule has 1 unspecified atom stereocenters. The van der Waals surface area contributed by atoms with Gasteiger partial charge >= 0.3 is 5.97 Å². The molecule has 1 aliphatic heterocycles. The molecule has 0 spiro atoms. The van der Waals surface area contributed by atoms with E-state index in [1.165, 1.54) is 6.92 Å². The molecule has 11 heteroatoms. The predicted molar refractivity (Wildman–Crippen MR) is 110 cm³/mol. The molecule has 1 saturated heterocycles. The van der Waals surface area contributed by atoms with Crippen molar-refractivity contribution < 1.29 is 49.7 Å². The van der Waals surface area contributed by atoms with E-state index in [2.05, 4.69) is 0 Å². The molecule has 2 bridgehead atoms. The number of aliphatic hydroxyl groups is 6. The van der Waals surface area contributed by atoms with Gasteiger partial charge in [0.25, 0.3) is 0 Å². The first-order valence-electron chi connectivity index (χ1n) is 11.4. The number of nitrogens with two attached hydrogens (primary N) is 1. The van der Waals surface area contributed by atoms with E-state index >= 15 is 0 Å². The molecule has 1 heterocycles. The molecule has 0 amide bonds. The lowest BCUT2D eigenvalue weighted by Crippen LogP contribution is -2.78. The number of ketones is 1. The summed E-state index contributed by atoms with van der Waals surface area (Å²) < 4.78 is 10.7. The van der Waals surface area contributed by atoms with Gasteiger partial charge in [0.15, 0.2) is 11.9 Å². The van der Waals surface area contributed by atoms with Gasteiger partial charge in [-0.05, 0) is 13.3 Å². The van der Waals surface area contributed by atoms with E-state index in [0.717, 1.165) is 0 Å². The Morgan fingerprint density at radius 1 is 1.21 bits per heavy atom. The first-order chi connectivity index (χ1) is 15.2. The van der Waals surface area contributed by atoms with E-state index < -0.39 is 88.8 Å². The van der Waals surface area contributed by atoms with Crippen molar-refractivity contribution in [3.63, 3.8) is 0 Å². The Morgan fingerprint density at radius 3 is 2.39 bits per heavy atom. The number of hydrogen-bond donors (Lipinski definition) is 7. The maximum Gasteiger partial charge on any atom is 0.336 e. The van der Waals surface area contributed by atoms with Crippen molar-refractivity contribution in [3.8, 4) is 0 Å². The third-order valence-corrected chi connectivity index (χ3v) is 8.86. The van der Waals surface area contributed by atoms with Crippen LogP contribution in [0.2, 0.25) is 0 Å². The van der Waals surface area contributed by atoms with Gasteiger partial charge in [-0.1, -0.05) is 13.8 Å². The summed E-state index contributed by atoms with van der Waals surface area (Å²) in [5, 5.41) is 66.5. The Balaban J connectivity index is 1.76. The van der Waals surface area contributed by atoms with Crippen molar-refractivity contribution in [2.75, 3.05) is 6.61 Å². The van der Waals surface area contributed by atoms with Gasteiger partial charge < -0.3 is 45.8 Å². The molecular formula is C22H35NO10. The Labute approximate surface area is 191 Å². The van der Waals surface area contributed by atoms with Crippen LogP contribution in [-0.4, -0.2) is 103 Å². The lowest BCUT2D eigenvalue weighted by Gasteiger charge is -2.64. The minimum absolute atomic E-state index is 0.0180.